The number of hydrogen-bond donors (Lipinski definition) is 1. The fourth-order valence-corrected chi connectivity index (χ4v) is 3.74. The van der Waals surface area contributed by atoms with Gasteiger partial charge in [-0.25, -0.2) is 4.79 Å². The molecule has 22 heavy (non-hydrogen) atoms. The maximum Gasteiger partial charge on any atom is 0.324 e. The van der Waals surface area contributed by atoms with E-state index in [1.807, 2.05) is 35.2 Å². The van der Waals surface area contributed by atoms with Gasteiger partial charge in [-0.2, -0.15) is 0 Å². The van der Waals surface area contributed by atoms with Crippen LogP contribution in [0.4, 0.5) is 4.79 Å². The molecule has 2 aliphatic rings. The molecule has 118 valence electrons. The van der Waals surface area contributed by atoms with Crippen LogP contribution in [-0.2, 0) is 11.3 Å². The number of urea groups is 1. The van der Waals surface area contributed by atoms with Crippen molar-refractivity contribution in [2.45, 2.75) is 46.2 Å². The Kier molecular flexibility index (Phi) is 3.71. The van der Waals surface area contributed by atoms with Gasteiger partial charge in [0.25, 0.3) is 0 Å². The van der Waals surface area contributed by atoms with E-state index < -0.39 is 0 Å². The Bertz CT molecular complexity index is 576. The second-order valence-corrected chi connectivity index (χ2v) is 7.62. The van der Waals surface area contributed by atoms with Crippen LogP contribution in [0.25, 0.3) is 0 Å². The monoisotopic (exact) mass is 300 g/mol. The number of rotatable bonds is 2. The molecule has 0 spiro atoms. The number of imide groups is 1. The van der Waals surface area contributed by atoms with Gasteiger partial charge in [-0.15, -0.1) is 0 Å². The zero-order chi connectivity index (χ0) is 15.9. The highest BCUT2D eigenvalue weighted by Gasteiger charge is 2.49. The van der Waals surface area contributed by atoms with Crippen LogP contribution in [0.5, 0.6) is 0 Å². The molecule has 1 aliphatic carbocycles. The third-order valence-corrected chi connectivity index (χ3v) is 5.18. The van der Waals surface area contributed by atoms with Gasteiger partial charge in [-0.05, 0) is 29.7 Å². The summed E-state index contributed by atoms with van der Waals surface area (Å²) >= 11 is 0. The van der Waals surface area contributed by atoms with Gasteiger partial charge in [-0.1, -0.05) is 51.1 Å². The number of benzene rings is 1. The molecule has 1 aromatic rings. The third kappa shape index (κ3) is 2.74. The van der Waals surface area contributed by atoms with E-state index in [-0.39, 0.29) is 29.3 Å². The number of nitrogens with one attached hydrogen (secondary N) is 1. The zero-order valence-corrected chi connectivity index (χ0v) is 13.5. The summed E-state index contributed by atoms with van der Waals surface area (Å²) in [4.78, 5) is 26.4. The summed E-state index contributed by atoms with van der Waals surface area (Å²) in [5.41, 5.74) is 1.27. The maximum atomic E-state index is 12.3. The van der Waals surface area contributed by atoms with Crippen LogP contribution in [0.1, 0.15) is 39.2 Å². The van der Waals surface area contributed by atoms with Crippen LogP contribution in [-0.4, -0.2) is 22.9 Å². The minimum atomic E-state index is -0.246. The van der Waals surface area contributed by atoms with Crippen molar-refractivity contribution >= 4 is 11.9 Å². The first-order chi connectivity index (χ1) is 10.4. The molecule has 1 aromatic carbocycles. The second-order valence-electron chi connectivity index (χ2n) is 7.62. The van der Waals surface area contributed by atoms with Gasteiger partial charge in [0, 0.05) is 12.6 Å². The van der Waals surface area contributed by atoms with E-state index in [1.165, 1.54) is 0 Å². The number of nitrogens with zero attached hydrogens (tertiary/aromatic N) is 1. The predicted octanol–water partition coefficient (Wildman–Crippen LogP) is 3.18. The summed E-state index contributed by atoms with van der Waals surface area (Å²) in [5.74, 6) is 0.314. The minimum absolute atomic E-state index is 0.0330. The van der Waals surface area contributed by atoms with Crippen molar-refractivity contribution in [1.82, 2.24) is 10.2 Å². The number of fused-ring (bicyclic) bond motifs is 1. The van der Waals surface area contributed by atoms with E-state index in [0.29, 0.717) is 12.5 Å². The van der Waals surface area contributed by atoms with Crippen LogP contribution in [0.2, 0.25) is 0 Å². The SMILES string of the molecule is CC(C)(C)[C@@H]1C[C@H]2C(=O)NC(=O)N(Cc3ccccc3)[C@H]2C1. The summed E-state index contributed by atoms with van der Waals surface area (Å²) < 4.78 is 0. The molecule has 1 saturated carbocycles. The van der Waals surface area contributed by atoms with Gasteiger partial charge in [0.05, 0.1) is 5.92 Å². The lowest BCUT2D eigenvalue weighted by molar-refractivity contribution is -0.127. The van der Waals surface area contributed by atoms with Gasteiger partial charge in [0.2, 0.25) is 5.91 Å². The standard InChI is InChI=1S/C18H24N2O2/c1-18(2,3)13-9-14-15(10-13)20(17(22)19-16(14)21)11-12-7-5-4-6-8-12/h4-8,13-15H,9-11H2,1-3H3,(H,19,21,22)/t13-,14-,15+/m1/s1. The van der Waals surface area contributed by atoms with E-state index in [2.05, 4.69) is 26.1 Å². The molecule has 0 unspecified atom stereocenters. The first kappa shape index (κ1) is 15.1. The Morgan fingerprint density at radius 1 is 1.14 bits per heavy atom. The minimum Gasteiger partial charge on any atom is -0.316 e. The van der Waals surface area contributed by atoms with Crippen LogP contribution < -0.4 is 5.32 Å². The third-order valence-electron chi connectivity index (χ3n) is 5.18. The highest BCUT2D eigenvalue weighted by Crippen LogP contribution is 2.45. The maximum absolute atomic E-state index is 12.3. The highest BCUT2D eigenvalue weighted by atomic mass is 16.2. The van der Waals surface area contributed by atoms with E-state index in [0.717, 1.165) is 18.4 Å². The highest BCUT2D eigenvalue weighted by molar-refractivity contribution is 5.98. The normalized spacial score (nSPS) is 28.5. The van der Waals surface area contributed by atoms with E-state index in [4.69, 9.17) is 0 Å². The van der Waals surface area contributed by atoms with Gasteiger partial charge in [-0.3, -0.25) is 10.1 Å². The van der Waals surface area contributed by atoms with Gasteiger partial charge in [0.15, 0.2) is 0 Å². The Morgan fingerprint density at radius 2 is 1.82 bits per heavy atom. The van der Waals surface area contributed by atoms with Crippen molar-refractivity contribution in [3.63, 3.8) is 0 Å². The fraction of sp³-hybridized carbons (Fsp3) is 0.556. The van der Waals surface area contributed by atoms with Gasteiger partial charge >= 0.3 is 6.03 Å². The molecule has 3 amide bonds. The first-order valence-corrected chi connectivity index (χ1v) is 8.01. The quantitative estimate of drug-likeness (QED) is 0.912. The smallest absolute Gasteiger partial charge is 0.316 e. The molecule has 2 fully saturated rings. The van der Waals surface area contributed by atoms with E-state index >= 15 is 0 Å². The predicted molar refractivity (Wildman–Crippen MR) is 85.0 cm³/mol. The summed E-state index contributed by atoms with van der Waals surface area (Å²) in [6.07, 6.45) is 1.79. The fourth-order valence-electron chi connectivity index (χ4n) is 3.74. The molecule has 3 rings (SSSR count). The van der Waals surface area contributed by atoms with Crippen LogP contribution >= 0.6 is 0 Å². The molecule has 3 atom stereocenters. The lowest BCUT2D eigenvalue weighted by Crippen LogP contribution is -2.57. The molecule has 0 aromatic heterocycles. The molecule has 0 radical (unpaired) electrons. The molecule has 4 nitrogen and oxygen atoms in total. The molecule has 4 heteroatoms. The van der Waals surface area contributed by atoms with Gasteiger partial charge < -0.3 is 4.90 Å². The molecule has 1 N–H and O–H groups in total. The average molecular weight is 300 g/mol. The molecule has 0 bridgehead atoms. The lowest BCUT2D eigenvalue weighted by Gasteiger charge is -2.37. The average Bonchev–Trinajstić information content (AvgIpc) is 2.90. The summed E-state index contributed by atoms with van der Waals surface area (Å²) in [5, 5.41) is 2.54. The number of carbonyl (C=O) groups excluding carboxylic acids is 2. The topological polar surface area (TPSA) is 49.4 Å². The van der Waals surface area contributed by atoms with Crippen molar-refractivity contribution < 1.29 is 9.59 Å². The molecule has 1 aliphatic heterocycles. The van der Waals surface area contributed by atoms with Gasteiger partial charge in [0.1, 0.15) is 0 Å². The summed E-state index contributed by atoms with van der Waals surface area (Å²) in [6.45, 7) is 7.22. The van der Waals surface area contributed by atoms with Crippen molar-refractivity contribution in [3.8, 4) is 0 Å². The number of carbonyl (C=O) groups is 2. The summed E-state index contributed by atoms with van der Waals surface area (Å²) in [7, 11) is 0. The summed E-state index contributed by atoms with van der Waals surface area (Å²) in [6, 6.07) is 9.76. The van der Waals surface area contributed by atoms with E-state index in [1.54, 1.807) is 0 Å². The Hall–Kier alpha value is -1.84. The van der Waals surface area contributed by atoms with Crippen molar-refractivity contribution in [1.29, 1.82) is 0 Å². The van der Waals surface area contributed by atoms with Crippen LogP contribution in [0, 0.1) is 17.3 Å². The molecule has 1 heterocycles. The van der Waals surface area contributed by atoms with Crippen molar-refractivity contribution in [3.05, 3.63) is 35.9 Å². The van der Waals surface area contributed by atoms with Crippen molar-refractivity contribution in [2.75, 3.05) is 0 Å². The van der Waals surface area contributed by atoms with E-state index in [9.17, 15) is 9.59 Å². The number of hydrogen-bond acceptors (Lipinski definition) is 2. The van der Waals surface area contributed by atoms with Crippen molar-refractivity contribution in [2.24, 2.45) is 17.3 Å². The molecule has 1 saturated heterocycles. The van der Waals surface area contributed by atoms with Crippen LogP contribution in [0.3, 0.4) is 0 Å². The molecular formula is C18H24N2O2. The first-order valence-electron chi connectivity index (χ1n) is 8.01. The zero-order valence-electron chi connectivity index (χ0n) is 13.5. The Balaban J connectivity index is 1.83. The number of amides is 3. The molecular weight excluding hydrogens is 276 g/mol. The largest absolute Gasteiger partial charge is 0.324 e. The second kappa shape index (κ2) is 5.41. The lowest BCUT2D eigenvalue weighted by atomic mass is 9.79. The van der Waals surface area contributed by atoms with Crippen LogP contribution in [0.15, 0.2) is 30.3 Å². The Labute approximate surface area is 131 Å². The Morgan fingerprint density at radius 3 is 2.45 bits per heavy atom.